The molecule has 0 amide bonds. The number of rotatable bonds is 7. The fourth-order valence-electron chi connectivity index (χ4n) is 3.08. The Morgan fingerprint density at radius 1 is 1.33 bits per heavy atom. The number of H-pyrrole nitrogens is 1. The van der Waals surface area contributed by atoms with Gasteiger partial charge >= 0.3 is 4.87 Å². The Hall–Kier alpha value is -3.33. The Labute approximate surface area is 176 Å². The standard InChI is InChI=1S/C21H22N4O4S/c1-4-22-20-24-15-8-13(9-16(18(15)29-20)28-11(2)3)14-6-5-12(10-23-14)7-17-19(26)25-21(27)30-17/h5-6,8-11,26H,4,7H2,1-3H3,(H,22,24)(H,25,27). The molecule has 8 nitrogen and oxygen atoms in total. The minimum absolute atomic E-state index is 0.0207. The number of hydrogen-bond donors (Lipinski definition) is 3. The van der Waals surface area contributed by atoms with Crippen molar-refractivity contribution in [3.8, 4) is 22.9 Å². The van der Waals surface area contributed by atoms with E-state index in [0.29, 0.717) is 40.7 Å². The quantitative estimate of drug-likeness (QED) is 0.407. The van der Waals surface area contributed by atoms with Crippen molar-refractivity contribution in [3.63, 3.8) is 0 Å². The summed E-state index contributed by atoms with van der Waals surface area (Å²) in [5.41, 5.74) is 3.79. The van der Waals surface area contributed by atoms with Gasteiger partial charge in [0.05, 0.1) is 16.7 Å². The van der Waals surface area contributed by atoms with E-state index >= 15 is 0 Å². The molecule has 4 aromatic rings. The summed E-state index contributed by atoms with van der Waals surface area (Å²) >= 11 is 0.995. The van der Waals surface area contributed by atoms with E-state index in [1.165, 1.54) is 0 Å². The monoisotopic (exact) mass is 426 g/mol. The van der Waals surface area contributed by atoms with E-state index in [2.05, 4.69) is 20.3 Å². The van der Waals surface area contributed by atoms with Crippen LogP contribution in [0.4, 0.5) is 6.01 Å². The molecular weight excluding hydrogens is 404 g/mol. The first-order valence-corrected chi connectivity index (χ1v) is 10.5. The van der Waals surface area contributed by atoms with Gasteiger partial charge in [0.2, 0.25) is 5.88 Å². The van der Waals surface area contributed by atoms with Gasteiger partial charge in [0.25, 0.3) is 6.01 Å². The molecule has 0 radical (unpaired) electrons. The molecule has 3 aromatic heterocycles. The number of aromatic nitrogens is 3. The second-order valence-electron chi connectivity index (χ2n) is 7.05. The molecule has 0 spiro atoms. The third-order valence-electron chi connectivity index (χ3n) is 4.33. The summed E-state index contributed by atoms with van der Waals surface area (Å²) in [6, 6.07) is 8.08. The molecule has 0 fully saturated rings. The molecule has 0 atom stereocenters. The maximum atomic E-state index is 11.4. The lowest BCUT2D eigenvalue weighted by Crippen LogP contribution is -2.05. The van der Waals surface area contributed by atoms with Gasteiger partial charge in [-0.3, -0.25) is 14.8 Å². The van der Waals surface area contributed by atoms with E-state index in [1.54, 1.807) is 6.20 Å². The number of benzene rings is 1. The van der Waals surface area contributed by atoms with Crippen LogP contribution in [0.2, 0.25) is 0 Å². The Morgan fingerprint density at radius 2 is 2.17 bits per heavy atom. The van der Waals surface area contributed by atoms with E-state index < -0.39 is 0 Å². The van der Waals surface area contributed by atoms with Crippen molar-refractivity contribution in [1.29, 1.82) is 0 Å². The van der Waals surface area contributed by atoms with Crippen LogP contribution < -0.4 is 14.9 Å². The zero-order valence-electron chi connectivity index (χ0n) is 16.9. The van der Waals surface area contributed by atoms with E-state index in [0.717, 1.165) is 28.2 Å². The number of aromatic hydroxyl groups is 1. The van der Waals surface area contributed by atoms with Crippen LogP contribution in [0.1, 0.15) is 31.2 Å². The molecule has 156 valence electrons. The molecule has 0 saturated carbocycles. The number of oxazole rings is 1. The highest BCUT2D eigenvalue weighted by Gasteiger charge is 2.16. The average Bonchev–Trinajstić information content (AvgIpc) is 3.24. The van der Waals surface area contributed by atoms with Gasteiger partial charge in [0, 0.05) is 24.7 Å². The Kier molecular flexibility index (Phi) is 5.45. The predicted octanol–water partition coefficient (Wildman–Crippen LogP) is 4.16. The van der Waals surface area contributed by atoms with E-state index in [4.69, 9.17) is 9.15 Å². The number of ether oxygens (including phenoxy) is 1. The fraction of sp³-hybridized carbons (Fsp3) is 0.286. The van der Waals surface area contributed by atoms with Crippen LogP contribution >= 0.6 is 11.3 Å². The van der Waals surface area contributed by atoms with Crippen LogP contribution in [0, 0.1) is 0 Å². The highest BCUT2D eigenvalue weighted by atomic mass is 32.1. The van der Waals surface area contributed by atoms with Crippen LogP contribution in [0.15, 0.2) is 39.7 Å². The van der Waals surface area contributed by atoms with Gasteiger partial charge in [0.15, 0.2) is 11.3 Å². The van der Waals surface area contributed by atoms with Crippen LogP contribution in [-0.4, -0.2) is 32.7 Å². The normalized spacial score (nSPS) is 11.3. The zero-order valence-corrected chi connectivity index (χ0v) is 17.7. The van der Waals surface area contributed by atoms with Gasteiger partial charge in [-0.1, -0.05) is 17.4 Å². The molecule has 0 aliphatic rings. The molecule has 3 heterocycles. The number of hydrogen-bond acceptors (Lipinski definition) is 8. The van der Waals surface area contributed by atoms with Crippen molar-refractivity contribution in [2.24, 2.45) is 0 Å². The van der Waals surface area contributed by atoms with Gasteiger partial charge in [0.1, 0.15) is 5.52 Å². The summed E-state index contributed by atoms with van der Waals surface area (Å²) in [6.07, 6.45) is 2.14. The van der Waals surface area contributed by atoms with Crippen LogP contribution in [-0.2, 0) is 6.42 Å². The first-order valence-electron chi connectivity index (χ1n) is 9.64. The van der Waals surface area contributed by atoms with Crippen molar-refractivity contribution >= 4 is 28.5 Å². The highest BCUT2D eigenvalue weighted by molar-refractivity contribution is 7.09. The second kappa shape index (κ2) is 8.19. The molecular formula is C21H22N4O4S. The largest absolute Gasteiger partial charge is 0.494 e. The topological polar surface area (TPSA) is 113 Å². The number of nitrogens with one attached hydrogen (secondary N) is 2. The molecule has 0 aliphatic heterocycles. The number of nitrogens with zero attached hydrogens (tertiary/aromatic N) is 2. The molecule has 0 aliphatic carbocycles. The number of thiazole rings is 1. The summed E-state index contributed by atoms with van der Waals surface area (Å²) in [4.78, 5) is 23.1. The van der Waals surface area contributed by atoms with Crippen molar-refractivity contribution in [1.82, 2.24) is 15.0 Å². The van der Waals surface area contributed by atoms with Crippen molar-refractivity contribution in [2.45, 2.75) is 33.3 Å². The van der Waals surface area contributed by atoms with E-state index in [-0.39, 0.29) is 16.9 Å². The van der Waals surface area contributed by atoms with Crippen LogP contribution in [0.5, 0.6) is 11.6 Å². The first kappa shape index (κ1) is 20.0. The van der Waals surface area contributed by atoms with E-state index in [9.17, 15) is 9.90 Å². The van der Waals surface area contributed by atoms with Gasteiger partial charge in [-0.2, -0.15) is 4.98 Å². The minimum atomic E-state index is -0.275. The van der Waals surface area contributed by atoms with Crippen molar-refractivity contribution < 1.29 is 14.3 Å². The molecule has 0 saturated heterocycles. The third-order valence-corrected chi connectivity index (χ3v) is 5.20. The predicted molar refractivity (Wildman–Crippen MR) is 117 cm³/mol. The number of fused-ring (bicyclic) bond motifs is 1. The zero-order chi connectivity index (χ0) is 21.3. The molecule has 9 heteroatoms. The smallest absolute Gasteiger partial charge is 0.307 e. The number of anilines is 1. The lowest BCUT2D eigenvalue weighted by Gasteiger charge is -2.11. The Bertz CT molecular complexity index is 1220. The second-order valence-corrected chi connectivity index (χ2v) is 8.12. The molecule has 30 heavy (non-hydrogen) atoms. The summed E-state index contributed by atoms with van der Waals surface area (Å²) in [7, 11) is 0. The van der Waals surface area contributed by atoms with Crippen molar-refractivity contribution in [3.05, 3.63) is 50.6 Å². The fourth-order valence-corrected chi connectivity index (χ4v) is 3.83. The van der Waals surface area contributed by atoms with Crippen LogP contribution in [0.25, 0.3) is 22.4 Å². The summed E-state index contributed by atoms with van der Waals surface area (Å²) in [5, 5.41) is 12.8. The maximum Gasteiger partial charge on any atom is 0.307 e. The number of aromatic amines is 1. The minimum Gasteiger partial charge on any atom is -0.494 e. The maximum absolute atomic E-state index is 11.4. The molecule has 4 rings (SSSR count). The summed E-state index contributed by atoms with van der Waals surface area (Å²) in [6.45, 7) is 6.59. The highest BCUT2D eigenvalue weighted by Crippen LogP contribution is 2.34. The Morgan fingerprint density at radius 3 is 2.80 bits per heavy atom. The Balaban J connectivity index is 1.67. The molecule has 1 aromatic carbocycles. The molecule has 3 N–H and O–H groups in total. The van der Waals surface area contributed by atoms with Gasteiger partial charge in [-0.25, -0.2) is 0 Å². The SMILES string of the molecule is CCNc1nc2cc(-c3ccc(Cc4sc(=O)[nH]c4O)cn3)cc(OC(C)C)c2o1. The van der Waals surface area contributed by atoms with Crippen molar-refractivity contribution in [2.75, 3.05) is 11.9 Å². The lowest BCUT2D eigenvalue weighted by molar-refractivity contribution is 0.242. The van der Waals surface area contributed by atoms with Gasteiger partial charge < -0.3 is 19.6 Å². The summed E-state index contributed by atoms with van der Waals surface area (Å²) in [5.74, 6) is 0.527. The van der Waals surface area contributed by atoms with Gasteiger partial charge in [-0.05, 0) is 44.5 Å². The first-order chi connectivity index (χ1) is 14.4. The average molecular weight is 426 g/mol. The number of pyridine rings is 1. The molecule has 0 bridgehead atoms. The third kappa shape index (κ3) is 4.16. The van der Waals surface area contributed by atoms with Crippen LogP contribution in [0.3, 0.4) is 0 Å². The van der Waals surface area contributed by atoms with Gasteiger partial charge in [-0.15, -0.1) is 0 Å². The van der Waals surface area contributed by atoms with E-state index in [1.807, 2.05) is 45.0 Å². The summed E-state index contributed by atoms with van der Waals surface area (Å²) < 4.78 is 11.8. The molecule has 0 unspecified atom stereocenters. The lowest BCUT2D eigenvalue weighted by atomic mass is 10.1.